The maximum atomic E-state index is 12.1. The first-order chi connectivity index (χ1) is 23.1. The highest BCUT2D eigenvalue weighted by Gasteiger charge is 2.37. The number of amides is 2. The normalized spacial score (nSPS) is 20.3. The molecular weight excluding hydrogens is 586 g/mol. The highest BCUT2D eigenvalue weighted by Crippen LogP contribution is 2.31. The van der Waals surface area contributed by atoms with Crippen LogP contribution < -0.4 is 16.0 Å². The fraction of sp³-hybridized carbons (Fsp3) is 0.850. The molecule has 0 aromatic carbocycles. The van der Waals surface area contributed by atoms with Crippen LogP contribution in [0.5, 0.6) is 0 Å². The summed E-state index contributed by atoms with van der Waals surface area (Å²) in [6, 6.07) is 0. The third-order valence-corrected chi connectivity index (χ3v) is 9.43. The summed E-state index contributed by atoms with van der Waals surface area (Å²) in [6.07, 6.45) is 38.8. The zero-order valence-electron chi connectivity index (χ0n) is 30.6. The smallest absolute Gasteiger partial charge is 0.220 e. The molecule has 7 heteroatoms. The standard InChI is InChI=1S/C40H73N3O4/c1-3-5-19-25-35-37(46-35)27-21-15-11-7-9-13-17-23-29-39(44)42-33-31-41-32-34-43-40(45)30-24-18-14-10-8-12-16-22-28-38-36(47-38)26-20-6-4-2/h15-16,21-22,35-38,41H,3-14,17-20,23-34H2,1-2H3,(H,42,44)(H,43,45). The first-order valence-electron chi connectivity index (χ1n) is 20.0. The summed E-state index contributed by atoms with van der Waals surface area (Å²) in [4.78, 5) is 24.1. The number of hydrogen-bond donors (Lipinski definition) is 3. The molecule has 4 atom stereocenters. The molecule has 0 aromatic heterocycles. The molecule has 4 unspecified atom stereocenters. The number of epoxide rings is 2. The van der Waals surface area contributed by atoms with E-state index >= 15 is 0 Å². The zero-order valence-corrected chi connectivity index (χ0v) is 30.6. The van der Waals surface area contributed by atoms with Crippen molar-refractivity contribution >= 4 is 11.8 Å². The van der Waals surface area contributed by atoms with Crippen LogP contribution in [0.25, 0.3) is 0 Å². The lowest BCUT2D eigenvalue weighted by atomic mass is 10.1. The van der Waals surface area contributed by atoms with Gasteiger partial charge >= 0.3 is 0 Å². The van der Waals surface area contributed by atoms with Crippen LogP contribution in [0.2, 0.25) is 0 Å². The highest BCUT2D eigenvalue weighted by atomic mass is 16.6. The lowest BCUT2D eigenvalue weighted by Gasteiger charge is -2.08. The number of carbonyl (C=O) groups is 2. The van der Waals surface area contributed by atoms with Gasteiger partial charge in [0, 0.05) is 39.0 Å². The molecule has 2 heterocycles. The molecule has 0 aromatic rings. The van der Waals surface area contributed by atoms with E-state index in [2.05, 4.69) is 54.1 Å². The molecule has 0 bridgehead atoms. The zero-order chi connectivity index (χ0) is 33.6. The van der Waals surface area contributed by atoms with Crippen molar-refractivity contribution in [2.75, 3.05) is 26.2 Å². The van der Waals surface area contributed by atoms with E-state index in [4.69, 9.17) is 9.47 Å². The molecule has 2 amide bonds. The van der Waals surface area contributed by atoms with Gasteiger partial charge in [0.05, 0.1) is 24.4 Å². The minimum atomic E-state index is 0.143. The van der Waals surface area contributed by atoms with E-state index in [1.165, 1.54) is 89.9 Å². The van der Waals surface area contributed by atoms with E-state index in [0.717, 1.165) is 64.5 Å². The maximum absolute atomic E-state index is 12.1. The highest BCUT2D eigenvalue weighted by molar-refractivity contribution is 5.76. The number of rotatable bonds is 34. The number of allylic oxidation sites excluding steroid dienone is 2. The van der Waals surface area contributed by atoms with Crippen LogP contribution in [0.1, 0.15) is 168 Å². The SMILES string of the molecule is CCCCCC1OC1CC=CCCCCCCCC(=O)NCCNCCNC(=O)CCCCCCCC=CCC1OC1CCCCC. The van der Waals surface area contributed by atoms with Crippen LogP contribution in [-0.4, -0.2) is 62.4 Å². The van der Waals surface area contributed by atoms with Gasteiger partial charge in [-0.15, -0.1) is 0 Å². The largest absolute Gasteiger partial charge is 0.369 e. The Morgan fingerprint density at radius 3 is 1.36 bits per heavy atom. The average molecular weight is 660 g/mol. The molecule has 2 aliphatic rings. The van der Waals surface area contributed by atoms with Gasteiger partial charge in [0.25, 0.3) is 0 Å². The molecule has 0 saturated carbocycles. The van der Waals surface area contributed by atoms with Gasteiger partial charge in [0.15, 0.2) is 0 Å². The third kappa shape index (κ3) is 25.0. The van der Waals surface area contributed by atoms with Crippen molar-refractivity contribution in [2.24, 2.45) is 0 Å². The molecule has 272 valence electrons. The second-order valence-electron chi connectivity index (χ2n) is 13.9. The molecule has 2 fully saturated rings. The fourth-order valence-corrected chi connectivity index (χ4v) is 6.21. The van der Waals surface area contributed by atoms with Crippen LogP contribution >= 0.6 is 0 Å². The Balaban J connectivity index is 1.23. The van der Waals surface area contributed by atoms with Gasteiger partial charge in [-0.3, -0.25) is 9.59 Å². The lowest BCUT2D eigenvalue weighted by molar-refractivity contribution is -0.121. The summed E-state index contributed by atoms with van der Waals surface area (Å²) in [5, 5.41) is 9.29. The molecule has 0 radical (unpaired) electrons. The topological polar surface area (TPSA) is 95.3 Å². The predicted octanol–water partition coefficient (Wildman–Crippen LogP) is 8.86. The van der Waals surface area contributed by atoms with E-state index in [9.17, 15) is 9.59 Å². The van der Waals surface area contributed by atoms with Gasteiger partial charge in [0.1, 0.15) is 0 Å². The summed E-state index contributed by atoms with van der Waals surface area (Å²) in [5.74, 6) is 0.286. The third-order valence-electron chi connectivity index (χ3n) is 9.43. The second-order valence-corrected chi connectivity index (χ2v) is 13.9. The van der Waals surface area contributed by atoms with Crippen LogP contribution in [0.4, 0.5) is 0 Å². The van der Waals surface area contributed by atoms with Crippen LogP contribution in [-0.2, 0) is 19.1 Å². The van der Waals surface area contributed by atoms with Crippen molar-refractivity contribution in [3.63, 3.8) is 0 Å². The van der Waals surface area contributed by atoms with Gasteiger partial charge in [0.2, 0.25) is 11.8 Å². The number of nitrogens with one attached hydrogen (secondary N) is 3. The molecule has 7 nitrogen and oxygen atoms in total. The van der Waals surface area contributed by atoms with Crippen LogP contribution in [0.15, 0.2) is 24.3 Å². The number of unbranched alkanes of at least 4 members (excludes halogenated alkanes) is 14. The average Bonchev–Trinajstić information content (AvgIpc) is 4.00. The summed E-state index contributed by atoms with van der Waals surface area (Å²) in [7, 11) is 0. The minimum Gasteiger partial charge on any atom is -0.369 e. The Morgan fingerprint density at radius 2 is 0.915 bits per heavy atom. The quantitative estimate of drug-likeness (QED) is 0.0364. The van der Waals surface area contributed by atoms with Gasteiger partial charge in [-0.05, 0) is 64.2 Å². The monoisotopic (exact) mass is 660 g/mol. The van der Waals surface area contributed by atoms with Gasteiger partial charge in [-0.25, -0.2) is 0 Å². The molecule has 3 N–H and O–H groups in total. The van der Waals surface area contributed by atoms with Gasteiger partial charge in [-0.2, -0.15) is 0 Å². The fourth-order valence-electron chi connectivity index (χ4n) is 6.21. The molecule has 2 aliphatic heterocycles. The lowest BCUT2D eigenvalue weighted by Crippen LogP contribution is -2.36. The van der Waals surface area contributed by atoms with Gasteiger partial charge in [-0.1, -0.05) is 115 Å². The van der Waals surface area contributed by atoms with E-state index in [0.29, 0.717) is 50.3 Å². The first-order valence-corrected chi connectivity index (χ1v) is 20.0. The van der Waals surface area contributed by atoms with Crippen LogP contribution in [0, 0.1) is 0 Å². The molecule has 0 spiro atoms. The van der Waals surface area contributed by atoms with Crippen molar-refractivity contribution in [3.8, 4) is 0 Å². The predicted molar refractivity (Wildman–Crippen MR) is 197 cm³/mol. The summed E-state index contributed by atoms with van der Waals surface area (Å²) >= 11 is 0. The molecule has 2 rings (SSSR count). The Hall–Kier alpha value is -1.70. The molecule has 47 heavy (non-hydrogen) atoms. The van der Waals surface area contributed by atoms with E-state index in [1.54, 1.807) is 0 Å². The number of carbonyl (C=O) groups excluding carboxylic acids is 2. The molecule has 0 aliphatic carbocycles. The van der Waals surface area contributed by atoms with E-state index in [1.807, 2.05) is 0 Å². The van der Waals surface area contributed by atoms with Crippen molar-refractivity contribution in [3.05, 3.63) is 24.3 Å². The summed E-state index contributed by atoms with van der Waals surface area (Å²) < 4.78 is 11.5. The van der Waals surface area contributed by atoms with Crippen molar-refractivity contribution in [1.82, 2.24) is 16.0 Å². The van der Waals surface area contributed by atoms with Gasteiger partial charge < -0.3 is 25.4 Å². The second kappa shape index (κ2) is 29.2. The Bertz CT molecular complexity index is 766. The number of hydrogen-bond acceptors (Lipinski definition) is 5. The minimum absolute atomic E-state index is 0.143. The Morgan fingerprint density at radius 1 is 0.489 bits per heavy atom. The van der Waals surface area contributed by atoms with E-state index < -0.39 is 0 Å². The van der Waals surface area contributed by atoms with Crippen molar-refractivity contribution < 1.29 is 19.1 Å². The number of ether oxygens (including phenoxy) is 2. The van der Waals surface area contributed by atoms with Crippen LogP contribution in [0.3, 0.4) is 0 Å². The summed E-state index contributed by atoms with van der Waals surface area (Å²) in [6.45, 7) is 7.22. The maximum Gasteiger partial charge on any atom is 0.220 e. The Labute approximate surface area is 289 Å². The molecule has 2 saturated heterocycles. The summed E-state index contributed by atoms with van der Waals surface area (Å²) in [5.41, 5.74) is 0. The molecular formula is C40H73N3O4. The Kier molecular flexibility index (Phi) is 25.8. The first kappa shape index (κ1) is 41.5. The van der Waals surface area contributed by atoms with E-state index in [-0.39, 0.29) is 11.8 Å². The van der Waals surface area contributed by atoms with Crippen molar-refractivity contribution in [2.45, 2.75) is 192 Å². The van der Waals surface area contributed by atoms with Crippen molar-refractivity contribution in [1.29, 1.82) is 0 Å².